The van der Waals surface area contributed by atoms with E-state index in [1.54, 1.807) is 6.07 Å². The van der Waals surface area contributed by atoms with E-state index in [0.717, 1.165) is 49.1 Å². The van der Waals surface area contributed by atoms with Crippen LogP contribution in [0.4, 0.5) is 4.39 Å². The molecule has 10 heteroatoms. The second-order valence-corrected chi connectivity index (χ2v) is 10.8. The van der Waals surface area contributed by atoms with Gasteiger partial charge in [-0.1, -0.05) is 18.2 Å². The Morgan fingerprint density at radius 2 is 1.79 bits per heavy atom. The summed E-state index contributed by atoms with van der Waals surface area (Å²) in [5.41, 5.74) is 1.05. The number of aromatic amines is 2. The zero-order valence-corrected chi connectivity index (χ0v) is 19.2. The number of nitrogens with one attached hydrogen (secondary N) is 3. The lowest BCUT2D eigenvalue weighted by atomic mass is 9.82. The average Bonchev–Trinajstić information content (AvgIpc) is 3.23. The van der Waals surface area contributed by atoms with Gasteiger partial charge >= 0.3 is 0 Å². The number of sulfone groups is 1. The van der Waals surface area contributed by atoms with Gasteiger partial charge in [0, 0.05) is 29.0 Å². The van der Waals surface area contributed by atoms with E-state index in [1.807, 2.05) is 18.2 Å². The number of benzene rings is 2. The fourth-order valence-electron chi connectivity index (χ4n) is 4.81. The van der Waals surface area contributed by atoms with E-state index in [4.69, 9.17) is 0 Å². The molecule has 2 heterocycles. The van der Waals surface area contributed by atoms with Crippen molar-refractivity contribution in [2.75, 3.05) is 6.26 Å². The minimum Gasteiger partial charge on any atom is -0.349 e. The maximum absolute atomic E-state index is 13.9. The van der Waals surface area contributed by atoms with Crippen LogP contribution in [0, 0.1) is 5.82 Å². The summed E-state index contributed by atoms with van der Waals surface area (Å²) < 4.78 is 38.0. The molecule has 0 unspecified atom stereocenters. The molecule has 1 saturated carbocycles. The fraction of sp³-hybridized carbons (Fsp3) is 0.292. The predicted octanol–water partition coefficient (Wildman–Crippen LogP) is 3.40. The van der Waals surface area contributed by atoms with Crippen LogP contribution in [0.15, 0.2) is 52.2 Å². The predicted molar refractivity (Wildman–Crippen MR) is 126 cm³/mol. The van der Waals surface area contributed by atoms with Gasteiger partial charge in [0.2, 0.25) is 0 Å². The summed E-state index contributed by atoms with van der Waals surface area (Å²) in [4.78, 5) is 27.6. The van der Waals surface area contributed by atoms with Crippen LogP contribution in [0.3, 0.4) is 0 Å². The number of carbonyl (C=O) groups is 1. The Hall–Kier alpha value is -3.53. The number of hydrogen-bond donors (Lipinski definition) is 3. The highest BCUT2D eigenvalue weighted by atomic mass is 32.2. The zero-order valence-electron chi connectivity index (χ0n) is 18.4. The molecule has 1 amide bonds. The summed E-state index contributed by atoms with van der Waals surface area (Å²) in [7, 11) is -3.67. The molecule has 0 saturated heterocycles. The first-order valence-electron chi connectivity index (χ1n) is 11.0. The van der Waals surface area contributed by atoms with Gasteiger partial charge in [-0.05, 0) is 49.9 Å². The molecule has 8 nitrogen and oxygen atoms in total. The number of H-pyrrole nitrogens is 2. The van der Waals surface area contributed by atoms with E-state index in [9.17, 15) is 22.4 Å². The van der Waals surface area contributed by atoms with E-state index in [2.05, 4.69) is 20.5 Å². The van der Waals surface area contributed by atoms with Crippen molar-refractivity contribution < 1.29 is 17.6 Å². The molecule has 4 aromatic rings. The lowest BCUT2D eigenvalue weighted by Gasteiger charge is -2.29. The van der Waals surface area contributed by atoms with Gasteiger partial charge in [0.1, 0.15) is 11.5 Å². The second-order valence-electron chi connectivity index (χ2n) is 8.83. The van der Waals surface area contributed by atoms with Gasteiger partial charge in [-0.15, -0.1) is 0 Å². The summed E-state index contributed by atoms with van der Waals surface area (Å²) >= 11 is 0. The molecule has 176 valence electrons. The van der Waals surface area contributed by atoms with Crippen LogP contribution in [-0.4, -0.2) is 41.8 Å². The van der Waals surface area contributed by atoms with Gasteiger partial charge in [0.25, 0.3) is 11.5 Å². The zero-order chi connectivity index (χ0) is 24.0. The van der Waals surface area contributed by atoms with Gasteiger partial charge in [-0.2, -0.15) is 5.10 Å². The summed E-state index contributed by atoms with van der Waals surface area (Å²) in [6, 6.07) is 11.0. The Kier molecular flexibility index (Phi) is 5.47. The standard InChI is InChI=1S/C24H23FN4O4S/c1-34(32,33)20-12-15(25)10-14-11-19(27-22(14)20)24(31)26-16-8-6-13(7-9-16)21-17-4-2-3-5-18(17)23(30)29-28-21/h2-5,10-13,16,27H,6-9H2,1H3,(H,26,31)(H,29,30). The molecule has 1 aliphatic rings. The van der Waals surface area contributed by atoms with E-state index in [1.165, 1.54) is 12.1 Å². The van der Waals surface area contributed by atoms with Crippen LogP contribution < -0.4 is 10.9 Å². The van der Waals surface area contributed by atoms with E-state index >= 15 is 0 Å². The van der Waals surface area contributed by atoms with Gasteiger partial charge in [0.15, 0.2) is 9.84 Å². The Morgan fingerprint density at radius 1 is 1.09 bits per heavy atom. The molecule has 0 aliphatic heterocycles. The lowest BCUT2D eigenvalue weighted by Crippen LogP contribution is -2.37. The smallest absolute Gasteiger partial charge is 0.272 e. The third-order valence-corrected chi connectivity index (χ3v) is 7.60. The first-order valence-corrected chi connectivity index (χ1v) is 12.9. The molecular weight excluding hydrogens is 459 g/mol. The molecule has 5 rings (SSSR count). The molecule has 1 aliphatic carbocycles. The van der Waals surface area contributed by atoms with Crippen molar-refractivity contribution in [1.82, 2.24) is 20.5 Å². The van der Waals surface area contributed by atoms with Crippen molar-refractivity contribution in [1.29, 1.82) is 0 Å². The minimum absolute atomic E-state index is 0.0599. The molecule has 3 N–H and O–H groups in total. The number of hydrogen-bond acceptors (Lipinski definition) is 5. The van der Waals surface area contributed by atoms with Crippen molar-refractivity contribution in [2.45, 2.75) is 42.5 Å². The molecular formula is C24H23FN4O4S. The summed E-state index contributed by atoms with van der Waals surface area (Å²) in [5, 5.41) is 11.7. The second kappa shape index (κ2) is 8.35. The average molecular weight is 483 g/mol. The molecule has 2 aromatic carbocycles. The normalized spacial score (nSPS) is 18.9. The van der Waals surface area contributed by atoms with Crippen molar-refractivity contribution in [3.8, 4) is 0 Å². The topological polar surface area (TPSA) is 125 Å². The highest BCUT2D eigenvalue weighted by molar-refractivity contribution is 7.91. The van der Waals surface area contributed by atoms with Crippen molar-refractivity contribution in [3.63, 3.8) is 0 Å². The van der Waals surface area contributed by atoms with Crippen LogP contribution >= 0.6 is 0 Å². The van der Waals surface area contributed by atoms with Crippen LogP contribution in [0.1, 0.15) is 47.8 Å². The Bertz CT molecular complexity index is 1580. The summed E-state index contributed by atoms with van der Waals surface area (Å²) in [5.74, 6) is -0.879. The van der Waals surface area contributed by atoms with Gasteiger partial charge in [-0.25, -0.2) is 17.9 Å². The molecule has 0 bridgehead atoms. The van der Waals surface area contributed by atoms with Crippen LogP contribution in [0.2, 0.25) is 0 Å². The monoisotopic (exact) mass is 482 g/mol. The summed E-state index contributed by atoms with van der Waals surface area (Å²) in [6.07, 6.45) is 4.05. The fourth-order valence-corrected chi connectivity index (χ4v) is 5.68. The van der Waals surface area contributed by atoms with Crippen molar-refractivity contribution in [3.05, 3.63) is 70.0 Å². The van der Waals surface area contributed by atoms with Crippen LogP contribution in [-0.2, 0) is 9.84 Å². The number of halogens is 1. The Morgan fingerprint density at radius 3 is 2.50 bits per heavy atom. The van der Waals surface area contributed by atoms with Gasteiger partial charge in [-0.3, -0.25) is 9.59 Å². The first kappa shape index (κ1) is 22.3. The maximum Gasteiger partial charge on any atom is 0.272 e. The molecule has 0 atom stereocenters. The molecule has 2 aromatic heterocycles. The minimum atomic E-state index is -3.67. The third-order valence-electron chi connectivity index (χ3n) is 6.48. The molecule has 0 spiro atoms. The molecule has 0 radical (unpaired) electrons. The van der Waals surface area contributed by atoms with Crippen molar-refractivity contribution in [2.24, 2.45) is 0 Å². The lowest BCUT2D eigenvalue weighted by molar-refractivity contribution is 0.0921. The quantitative estimate of drug-likeness (QED) is 0.411. The van der Waals surface area contributed by atoms with E-state index in [-0.39, 0.29) is 39.5 Å². The Balaban J connectivity index is 1.31. The third kappa shape index (κ3) is 4.09. The number of fused-ring (bicyclic) bond motifs is 2. The van der Waals surface area contributed by atoms with Gasteiger partial charge < -0.3 is 10.3 Å². The summed E-state index contributed by atoms with van der Waals surface area (Å²) in [6.45, 7) is 0. The Labute approximate surface area is 194 Å². The number of rotatable bonds is 4. The van der Waals surface area contributed by atoms with E-state index < -0.39 is 15.7 Å². The number of nitrogens with zero attached hydrogens (tertiary/aromatic N) is 1. The van der Waals surface area contributed by atoms with E-state index in [0.29, 0.717) is 10.8 Å². The van der Waals surface area contributed by atoms with Gasteiger partial charge in [0.05, 0.1) is 21.5 Å². The van der Waals surface area contributed by atoms with Crippen LogP contribution in [0.5, 0.6) is 0 Å². The highest BCUT2D eigenvalue weighted by Crippen LogP contribution is 2.34. The number of amides is 1. The first-order chi connectivity index (χ1) is 16.2. The maximum atomic E-state index is 13.9. The van der Waals surface area contributed by atoms with Crippen LogP contribution in [0.25, 0.3) is 21.7 Å². The largest absolute Gasteiger partial charge is 0.349 e. The molecule has 34 heavy (non-hydrogen) atoms. The molecule has 1 fully saturated rings. The van der Waals surface area contributed by atoms with Crippen molar-refractivity contribution >= 4 is 37.4 Å². The number of carbonyl (C=O) groups excluding carboxylic acids is 1. The number of aromatic nitrogens is 3. The highest BCUT2D eigenvalue weighted by Gasteiger charge is 2.27. The SMILES string of the molecule is CS(=O)(=O)c1cc(F)cc2cc(C(=O)NC3CCC(c4n[nH]c(=O)c5ccccc45)CC3)[nH]c12.